The minimum atomic E-state index is -4.55. The molecule has 0 bridgehead atoms. The number of alkyl halides is 3. The molecule has 0 unspecified atom stereocenters. The van der Waals surface area contributed by atoms with Gasteiger partial charge in [-0.05, 0) is 31.5 Å². The SMILES string of the molecule is Cc1cc(=O)c(C(=O)N(C)CCCC(=O)O)nn1-c1cccc(C(F)(F)F)c1. The van der Waals surface area contributed by atoms with E-state index in [1.54, 1.807) is 0 Å². The van der Waals surface area contributed by atoms with Gasteiger partial charge in [0.15, 0.2) is 5.69 Å². The van der Waals surface area contributed by atoms with Crippen molar-refractivity contribution in [2.24, 2.45) is 0 Å². The number of aryl methyl sites for hydroxylation is 1. The van der Waals surface area contributed by atoms with Crippen LogP contribution in [0.3, 0.4) is 0 Å². The van der Waals surface area contributed by atoms with Crippen molar-refractivity contribution in [2.45, 2.75) is 25.9 Å². The number of aromatic nitrogens is 2. The van der Waals surface area contributed by atoms with Crippen molar-refractivity contribution in [1.29, 1.82) is 0 Å². The number of nitrogens with zero attached hydrogens (tertiary/aromatic N) is 3. The van der Waals surface area contributed by atoms with Gasteiger partial charge in [-0.2, -0.15) is 18.3 Å². The molecule has 0 fully saturated rings. The summed E-state index contributed by atoms with van der Waals surface area (Å²) in [6.45, 7) is 1.57. The van der Waals surface area contributed by atoms with Gasteiger partial charge in [0.1, 0.15) is 0 Å². The molecule has 150 valence electrons. The molecular weight excluding hydrogens is 379 g/mol. The maximum Gasteiger partial charge on any atom is 0.416 e. The first-order valence-electron chi connectivity index (χ1n) is 8.26. The number of hydrogen-bond acceptors (Lipinski definition) is 4. The summed E-state index contributed by atoms with van der Waals surface area (Å²) in [5.41, 5.74) is -1.70. The second-order valence-electron chi connectivity index (χ2n) is 6.18. The lowest BCUT2D eigenvalue weighted by Crippen LogP contribution is -2.34. The van der Waals surface area contributed by atoms with Crippen molar-refractivity contribution in [3.63, 3.8) is 0 Å². The second kappa shape index (κ2) is 8.24. The molecule has 0 spiro atoms. The van der Waals surface area contributed by atoms with Crippen molar-refractivity contribution in [3.05, 3.63) is 57.5 Å². The number of hydrogen-bond donors (Lipinski definition) is 1. The molecule has 0 aliphatic carbocycles. The molecule has 0 radical (unpaired) electrons. The van der Waals surface area contributed by atoms with Crippen LogP contribution in [0.2, 0.25) is 0 Å². The quantitative estimate of drug-likeness (QED) is 0.809. The third kappa shape index (κ3) is 4.96. The van der Waals surface area contributed by atoms with Gasteiger partial charge in [0.05, 0.1) is 11.3 Å². The first-order valence-corrected chi connectivity index (χ1v) is 8.26. The van der Waals surface area contributed by atoms with Crippen LogP contribution in [0, 0.1) is 6.92 Å². The number of amides is 1. The first-order chi connectivity index (χ1) is 13.0. The fourth-order valence-electron chi connectivity index (χ4n) is 2.52. The Bertz CT molecular complexity index is 954. The van der Waals surface area contributed by atoms with Crippen LogP contribution in [0.1, 0.15) is 34.6 Å². The molecule has 2 aromatic rings. The van der Waals surface area contributed by atoms with E-state index in [0.29, 0.717) is 0 Å². The molecule has 0 aliphatic heterocycles. The zero-order valence-electron chi connectivity index (χ0n) is 15.2. The van der Waals surface area contributed by atoms with Crippen LogP contribution >= 0.6 is 0 Å². The fraction of sp³-hybridized carbons (Fsp3) is 0.333. The van der Waals surface area contributed by atoms with Crippen molar-refractivity contribution < 1.29 is 27.9 Å². The van der Waals surface area contributed by atoms with Crippen molar-refractivity contribution in [2.75, 3.05) is 13.6 Å². The van der Waals surface area contributed by atoms with Gasteiger partial charge in [0.25, 0.3) is 5.91 Å². The lowest BCUT2D eigenvalue weighted by atomic mass is 10.2. The average molecular weight is 397 g/mol. The summed E-state index contributed by atoms with van der Waals surface area (Å²) in [4.78, 5) is 36.4. The van der Waals surface area contributed by atoms with Gasteiger partial charge in [-0.25, -0.2) is 4.68 Å². The Morgan fingerprint density at radius 1 is 1.25 bits per heavy atom. The Labute approximate surface area is 158 Å². The lowest BCUT2D eigenvalue weighted by molar-refractivity contribution is -0.138. The van der Waals surface area contributed by atoms with Crippen LogP contribution in [0.25, 0.3) is 5.69 Å². The van der Waals surface area contributed by atoms with Gasteiger partial charge in [0.2, 0.25) is 5.43 Å². The summed E-state index contributed by atoms with van der Waals surface area (Å²) in [6.07, 6.45) is -4.51. The Kier molecular flexibility index (Phi) is 6.22. The average Bonchev–Trinajstić information content (AvgIpc) is 2.60. The fourth-order valence-corrected chi connectivity index (χ4v) is 2.52. The van der Waals surface area contributed by atoms with Gasteiger partial charge in [-0.3, -0.25) is 14.4 Å². The normalized spacial score (nSPS) is 11.3. The molecule has 0 aliphatic rings. The van der Waals surface area contributed by atoms with Crippen LogP contribution in [0.15, 0.2) is 35.1 Å². The van der Waals surface area contributed by atoms with E-state index < -0.39 is 34.7 Å². The number of carbonyl (C=O) groups excluding carboxylic acids is 1. The van der Waals surface area contributed by atoms with Crippen molar-refractivity contribution >= 4 is 11.9 Å². The van der Waals surface area contributed by atoms with Gasteiger partial charge in [0, 0.05) is 31.8 Å². The smallest absolute Gasteiger partial charge is 0.416 e. The van der Waals surface area contributed by atoms with Crippen molar-refractivity contribution in [3.8, 4) is 5.69 Å². The molecule has 0 atom stereocenters. The predicted octanol–water partition coefficient (Wildman–Crippen LogP) is 2.50. The molecule has 1 heterocycles. The minimum Gasteiger partial charge on any atom is -0.481 e. The number of aliphatic carboxylic acids is 1. The number of carbonyl (C=O) groups is 2. The highest BCUT2D eigenvalue weighted by molar-refractivity contribution is 5.91. The maximum atomic E-state index is 13.0. The standard InChI is InChI=1S/C18H18F3N3O4/c1-11-9-14(25)16(17(28)23(2)8-4-7-15(26)27)22-24(11)13-6-3-5-12(10-13)18(19,20)21/h3,5-6,9-10H,4,7-8H2,1-2H3,(H,26,27). The maximum absolute atomic E-state index is 13.0. The zero-order valence-corrected chi connectivity index (χ0v) is 15.2. The molecule has 0 saturated heterocycles. The Hall–Kier alpha value is -3.17. The summed E-state index contributed by atoms with van der Waals surface area (Å²) >= 11 is 0. The molecule has 10 heteroatoms. The lowest BCUT2D eigenvalue weighted by Gasteiger charge is -2.17. The Morgan fingerprint density at radius 2 is 1.93 bits per heavy atom. The number of halogens is 3. The first kappa shape index (κ1) is 21.1. The summed E-state index contributed by atoms with van der Waals surface area (Å²) in [6, 6.07) is 5.48. The topological polar surface area (TPSA) is 92.5 Å². The van der Waals surface area contributed by atoms with Gasteiger partial charge in [-0.15, -0.1) is 0 Å². The van der Waals surface area contributed by atoms with E-state index in [4.69, 9.17) is 5.11 Å². The zero-order chi connectivity index (χ0) is 21.1. The van der Waals surface area contributed by atoms with E-state index >= 15 is 0 Å². The number of carboxylic acid groups (broad SMARTS) is 1. The molecule has 1 aromatic heterocycles. The van der Waals surface area contributed by atoms with E-state index in [9.17, 15) is 27.6 Å². The largest absolute Gasteiger partial charge is 0.481 e. The highest BCUT2D eigenvalue weighted by Crippen LogP contribution is 2.30. The number of rotatable bonds is 6. The van der Waals surface area contributed by atoms with E-state index in [0.717, 1.165) is 27.8 Å². The molecular formula is C18H18F3N3O4. The summed E-state index contributed by atoms with van der Waals surface area (Å²) < 4.78 is 40.0. The predicted molar refractivity (Wildman–Crippen MR) is 93.4 cm³/mol. The van der Waals surface area contributed by atoms with Crippen LogP contribution in [0.5, 0.6) is 0 Å². The van der Waals surface area contributed by atoms with Gasteiger partial charge in [-0.1, -0.05) is 6.07 Å². The molecule has 1 amide bonds. The van der Waals surface area contributed by atoms with E-state index in [1.807, 2.05) is 0 Å². The van der Waals surface area contributed by atoms with E-state index in [2.05, 4.69) is 5.10 Å². The van der Waals surface area contributed by atoms with Gasteiger partial charge < -0.3 is 10.0 Å². The summed E-state index contributed by atoms with van der Waals surface area (Å²) in [7, 11) is 1.39. The number of benzene rings is 1. The van der Waals surface area contributed by atoms with Crippen molar-refractivity contribution in [1.82, 2.24) is 14.7 Å². The minimum absolute atomic E-state index is 0.0508. The van der Waals surface area contributed by atoms with Gasteiger partial charge >= 0.3 is 12.1 Å². The monoisotopic (exact) mass is 397 g/mol. The van der Waals surface area contributed by atoms with Crippen LogP contribution in [-0.2, 0) is 11.0 Å². The molecule has 28 heavy (non-hydrogen) atoms. The van der Waals surface area contributed by atoms with E-state index in [-0.39, 0.29) is 30.8 Å². The molecule has 1 aromatic carbocycles. The molecule has 2 rings (SSSR count). The van der Waals surface area contributed by atoms with Crippen LogP contribution in [-0.4, -0.2) is 45.3 Å². The third-order valence-corrected chi connectivity index (χ3v) is 3.96. The molecule has 1 N–H and O–H groups in total. The molecule has 7 nitrogen and oxygen atoms in total. The highest BCUT2D eigenvalue weighted by atomic mass is 19.4. The third-order valence-electron chi connectivity index (χ3n) is 3.96. The summed E-state index contributed by atoms with van der Waals surface area (Å²) in [5, 5.41) is 12.6. The Balaban J connectivity index is 2.38. The second-order valence-corrected chi connectivity index (χ2v) is 6.18. The Morgan fingerprint density at radius 3 is 2.54 bits per heavy atom. The highest BCUT2D eigenvalue weighted by Gasteiger charge is 2.30. The van der Waals surface area contributed by atoms with Crippen LogP contribution in [0.4, 0.5) is 13.2 Å². The van der Waals surface area contributed by atoms with E-state index in [1.165, 1.54) is 26.1 Å². The molecule has 0 saturated carbocycles. The number of carboxylic acids is 1. The van der Waals surface area contributed by atoms with Crippen LogP contribution < -0.4 is 5.43 Å². The summed E-state index contributed by atoms with van der Waals surface area (Å²) in [5.74, 6) is -1.75.